The summed E-state index contributed by atoms with van der Waals surface area (Å²) >= 11 is 0. The van der Waals surface area contributed by atoms with E-state index >= 15 is 0 Å². The minimum Gasteiger partial charge on any atom is -0.481 e. The van der Waals surface area contributed by atoms with Crippen LogP contribution in [0.4, 0.5) is 0 Å². The van der Waals surface area contributed by atoms with E-state index < -0.39 is 0 Å². The van der Waals surface area contributed by atoms with Gasteiger partial charge in [0.15, 0.2) is 5.96 Å². The van der Waals surface area contributed by atoms with Crippen LogP contribution >= 0.6 is 24.0 Å². The summed E-state index contributed by atoms with van der Waals surface area (Å²) in [7, 11) is 3.52. The number of aromatic nitrogens is 2. The number of aliphatic imine (C=N–C) groups is 1. The molecule has 1 rings (SSSR count). The van der Waals surface area contributed by atoms with Crippen LogP contribution in [0.2, 0.25) is 0 Å². The Kier molecular flexibility index (Phi) is 9.39. The van der Waals surface area contributed by atoms with Crippen LogP contribution < -0.4 is 15.8 Å². The topological polar surface area (TPSA) is 77.5 Å². The first-order valence-corrected chi connectivity index (χ1v) is 7.12. The minimum atomic E-state index is 0. The summed E-state index contributed by atoms with van der Waals surface area (Å²) in [5, 5.41) is 7.55. The number of ether oxygens (including phenoxy) is 1. The van der Waals surface area contributed by atoms with Crippen molar-refractivity contribution in [3.05, 3.63) is 11.3 Å². The standard InChI is InChI=1S/C14H27N5O.HI/c1-6-12-11(13(20-5)19(4)18-12)9-17-14(15)16-8-7-10(2)3;/h10H,6-9H2,1-5H3,(H3,15,16,17);1H. The molecule has 0 aromatic carbocycles. The van der Waals surface area contributed by atoms with Crippen molar-refractivity contribution in [2.24, 2.45) is 23.7 Å². The molecule has 0 amide bonds. The maximum atomic E-state index is 5.87. The van der Waals surface area contributed by atoms with E-state index in [1.807, 2.05) is 7.05 Å². The van der Waals surface area contributed by atoms with Gasteiger partial charge in [0.2, 0.25) is 5.88 Å². The van der Waals surface area contributed by atoms with E-state index in [1.165, 1.54) is 0 Å². The molecule has 0 saturated carbocycles. The molecule has 0 aliphatic carbocycles. The SMILES string of the molecule is CCc1nn(C)c(OC)c1CN=C(N)NCCC(C)C.I. The molecule has 0 radical (unpaired) electrons. The molecule has 0 atom stereocenters. The van der Waals surface area contributed by atoms with Crippen LogP contribution in [0.5, 0.6) is 5.88 Å². The van der Waals surface area contributed by atoms with Crippen LogP contribution in [0.3, 0.4) is 0 Å². The third-order valence-electron chi connectivity index (χ3n) is 3.13. The van der Waals surface area contributed by atoms with E-state index in [0.29, 0.717) is 18.4 Å². The summed E-state index contributed by atoms with van der Waals surface area (Å²) in [5.74, 6) is 1.87. The molecule has 0 fully saturated rings. The van der Waals surface area contributed by atoms with Gasteiger partial charge in [-0.05, 0) is 18.8 Å². The molecule has 0 aliphatic rings. The number of nitrogens with zero attached hydrogens (tertiary/aromatic N) is 3. The van der Waals surface area contributed by atoms with Gasteiger partial charge in [0.1, 0.15) is 0 Å². The van der Waals surface area contributed by atoms with Gasteiger partial charge in [-0.2, -0.15) is 5.10 Å². The normalized spacial score (nSPS) is 11.4. The summed E-state index contributed by atoms with van der Waals surface area (Å²) in [5.41, 5.74) is 7.88. The molecule has 0 saturated heterocycles. The van der Waals surface area contributed by atoms with Crippen molar-refractivity contribution in [3.63, 3.8) is 0 Å². The fraction of sp³-hybridized carbons (Fsp3) is 0.714. The largest absolute Gasteiger partial charge is 0.481 e. The number of halogens is 1. The Bertz CT molecular complexity index is 456. The van der Waals surface area contributed by atoms with Crippen molar-refractivity contribution in [3.8, 4) is 5.88 Å². The van der Waals surface area contributed by atoms with Gasteiger partial charge in [0, 0.05) is 13.6 Å². The van der Waals surface area contributed by atoms with E-state index in [-0.39, 0.29) is 24.0 Å². The zero-order valence-electron chi connectivity index (χ0n) is 13.6. The summed E-state index contributed by atoms with van der Waals surface area (Å²) in [6.45, 7) is 7.77. The van der Waals surface area contributed by atoms with Gasteiger partial charge in [-0.3, -0.25) is 0 Å². The Morgan fingerprint density at radius 1 is 1.48 bits per heavy atom. The lowest BCUT2D eigenvalue weighted by atomic mass is 10.1. The first-order valence-electron chi connectivity index (χ1n) is 7.12. The third-order valence-corrected chi connectivity index (χ3v) is 3.13. The average molecular weight is 409 g/mol. The van der Waals surface area contributed by atoms with E-state index in [9.17, 15) is 0 Å². The first-order chi connectivity index (χ1) is 9.49. The van der Waals surface area contributed by atoms with Gasteiger partial charge in [0.05, 0.1) is 24.9 Å². The molecule has 1 heterocycles. The quantitative estimate of drug-likeness (QED) is 0.411. The lowest BCUT2D eigenvalue weighted by Gasteiger charge is -2.08. The number of guanidine groups is 1. The summed E-state index contributed by atoms with van der Waals surface area (Å²) < 4.78 is 7.12. The Morgan fingerprint density at radius 2 is 2.14 bits per heavy atom. The summed E-state index contributed by atoms with van der Waals surface area (Å²) in [4.78, 5) is 4.37. The van der Waals surface area contributed by atoms with Crippen LogP contribution in [0, 0.1) is 5.92 Å². The highest BCUT2D eigenvalue weighted by Crippen LogP contribution is 2.22. The van der Waals surface area contributed by atoms with Crippen molar-refractivity contribution in [2.45, 2.75) is 40.2 Å². The highest BCUT2D eigenvalue weighted by Gasteiger charge is 2.15. The van der Waals surface area contributed by atoms with Gasteiger partial charge >= 0.3 is 0 Å². The van der Waals surface area contributed by atoms with E-state index in [1.54, 1.807) is 11.8 Å². The van der Waals surface area contributed by atoms with Crippen molar-refractivity contribution in [2.75, 3.05) is 13.7 Å². The molecule has 6 nitrogen and oxygen atoms in total. The van der Waals surface area contributed by atoms with Crippen LogP contribution in [-0.4, -0.2) is 29.4 Å². The molecule has 21 heavy (non-hydrogen) atoms. The van der Waals surface area contributed by atoms with E-state index in [0.717, 1.165) is 36.5 Å². The Hall–Kier alpha value is -0.990. The molecule has 1 aromatic heterocycles. The first kappa shape index (κ1) is 20.0. The second kappa shape index (κ2) is 9.86. The lowest BCUT2D eigenvalue weighted by Crippen LogP contribution is -2.32. The van der Waals surface area contributed by atoms with Crippen LogP contribution in [-0.2, 0) is 20.0 Å². The maximum Gasteiger partial charge on any atom is 0.216 e. The summed E-state index contributed by atoms with van der Waals surface area (Å²) in [6.07, 6.45) is 1.93. The summed E-state index contributed by atoms with van der Waals surface area (Å²) in [6, 6.07) is 0. The number of hydrogen-bond acceptors (Lipinski definition) is 3. The Balaban J connectivity index is 0.00000400. The minimum absolute atomic E-state index is 0. The molecular weight excluding hydrogens is 381 g/mol. The number of hydrogen-bond donors (Lipinski definition) is 2. The fourth-order valence-electron chi connectivity index (χ4n) is 2.01. The monoisotopic (exact) mass is 409 g/mol. The number of aryl methyl sites for hydroxylation is 2. The maximum absolute atomic E-state index is 5.87. The van der Waals surface area contributed by atoms with Crippen molar-refractivity contribution >= 4 is 29.9 Å². The Labute approximate surface area is 144 Å². The molecule has 0 unspecified atom stereocenters. The smallest absolute Gasteiger partial charge is 0.216 e. The molecule has 122 valence electrons. The molecule has 1 aromatic rings. The number of nitrogens with one attached hydrogen (secondary N) is 1. The molecule has 7 heteroatoms. The van der Waals surface area contributed by atoms with Crippen LogP contribution in [0.15, 0.2) is 4.99 Å². The Morgan fingerprint density at radius 3 is 2.67 bits per heavy atom. The van der Waals surface area contributed by atoms with Crippen LogP contribution in [0.25, 0.3) is 0 Å². The van der Waals surface area contributed by atoms with Gasteiger partial charge in [-0.1, -0.05) is 20.8 Å². The van der Waals surface area contributed by atoms with Gasteiger partial charge in [-0.25, -0.2) is 9.67 Å². The van der Waals surface area contributed by atoms with Crippen molar-refractivity contribution in [1.82, 2.24) is 15.1 Å². The van der Waals surface area contributed by atoms with E-state index in [4.69, 9.17) is 10.5 Å². The van der Waals surface area contributed by atoms with Gasteiger partial charge in [-0.15, -0.1) is 24.0 Å². The zero-order chi connectivity index (χ0) is 15.1. The second-order valence-electron chi connectivity index (χ2n) is 5.22. The molecule has 3 N–H and O–H groups in total. The number of methoxy groups -OCH3 is 1. The zero-order valence-corrected chi connectivity index (χ0v) is 16.0. The highest BCUT2D eigenvalue weighted by molar-refractivity contribution is 14.0. The van der Waals surface area contributed by atoms with Crippen molar-refractivity contribution < 1.29 is 4.74 Å². The van der Waals surface area contributed by atoms with Gasteiger partial charge < -0.3 is 15.8 Å². The van der Waals surface area contributed by atoms with Crippen LogP contribution in [0.1, 0.15) is 38.4 Å². The average Bonchev–Trinajstić information content (AvgIpc) is 2.71. The molecule has 0 spiro atoms. The number of rotatable bonds is 7. The predicted octanol–water partition coefficient (Wildman–Crippen LogP) is 2.06. The number of nitrogens with two attached hydrogens (primary N) is 1. The van der Waals surface area contributed by atoms with Crippen molar-refractivity contribution in [1.29, 1.82) is 0 Å². The molecule has 0 bridgehead atoms. The molecular formula is C14H28IN5O. The fourth-order valence-corrected chi connectivity index (χ4v) is 2.01. The third kappa shape index (κ3) is 6.11. The molecule has 0 aliphatic heterocycles. The lowest BCUT2D eigenvalue weighted by molar-refractivity contribution is 0.369. The van der Waals surface area contributed by atoms with E-state index in [2.05, 4.69) is 36.2 Å². The predicted molar refractivity (Wildman–Crippen MR) is 97.3 cm³/mol. The second-order valence-corrected chi connectivity index (χ2v) is 5.22. The highest BCUT2D eigenvalue weighted by atomic mass is 127. The van der Waals surface area contributed by atoms with Gasteiger partial charge in [0.25, 0.3) is 0 Å².